The second kappa shape index (κ2) is 5.18. The van der Waals surface area contributed by atoms with Gasteiger partial charge in [-0.3, -0.25) is 0 Å². The van der Waals surface area contributed by atoms with E-state index >= 15 is 0 Å². The molecule has 0 saturated heterocycles. The highest BCUT2D eigenvalue weighted by Crippen LogP contribution is 2.18. The summed E-state index contributed by atoms with van der Waals surface area (Å²) in [5.41, 5.74) is 0.668. The Kier molecular flexibility index (Phi) is 3.62. The Hall–Kier alpha value is -1.88. The maximum absolute atomic E-state index is 13.2. The fourth-order valence-electron chi connectivity index (χ4n) is 1.90. The standard InChI is InChI=1S/C13H14FNO3/c1-2-18-12(13(16)17)8-15-6-5-9-3-4-10(14)7-11(9)15/h3-7,12H,2,8H2,1H3,(H,16,17). The van der Waals surface area contributed by atoms with Crippen LogP contribution >= 0.6 is 0 Å². The third-order valence-electron chi connectivity index (χ3n) is 2.74. The summed E-state index contributed by atoms with van der Waals surface area (Å²) in [7, 11) is 0. The molecule has 1 heterocycles. The summed E-state index contributed by atoms with van der Waals surface area (Å²) in [5.74, 6) is -1.36. The van der Waals surface area contributed by atoms with Gasteiger partial charge < -0.3 is 14.4 Å². The second-order valence-electron chi connectivity index (χ2n) is 3.95. The van der Waals surface area contributed by atoms with Gasteiger partial charge in [0, 0.05) is 12.8 Å². The first-order valence-corrected chi connectivity index (χ1v) is 5.70. The molecule has 0 saturated carbocycles. The number of fused-ring (bicyclic) bond motifs is 1. The van der Waals surface area contributed by atoms with Gasteiger partial charge >= 0.3 is 5.97 Å². The molecule has 1 aromatic carbocycles. The zero-order chi connectivity index (χ0) is 13.1. The molecule has 0 spiro atoms. The predicted molar refractivity (Wildman–Crippen MR) is 64.9 cm³/mol. The number of carboxylic acid groups (broad SMARTS) is 1. The molecule has 1 N–H and O–H groups in total. The van der Waals surface area contributed by atoms with Crippen molar-refractivity contribution in [2.45, 2.75) is 19.6 Å². The van der Waals surface area contributed by atoms with Crippen LogP contribution in [0.4, 0.5) is 4.39 Å². The zero-order valence-electron chi connectivity index (χ0n) is 9.97. The smallest absolute Gasteiger partial charge is 0.334 e. The summed E-state index contributed by atoms with van der Waals surface area (Å²) < 4.78 is 20.0. The van der Waals surface area contributed by atoms with Crippen molar-refractivity contribution in [1.82, 2.24) is 4.57 Å². The van der Waals surface area contributed by atoms with Crippen LogP contribution in [-0.4, -0.2) is 28.4 Å². The van der Waals surface area contributed by atoms with E-state index in [-0.39, 0.29) is 12.4 Å². The fraction of sp³-hybridized carbons (Fsp3) is 0.308. The fourth-order valence-corrected chi connectivity index (χ4v) is 1.90. The number of carbonyl (C=O) groups is 1. The average molecular weight is 251 g/mol. The summed E-state index contributed by atoms with van der Waals surface area (Å²) in [4.78, 5) is 11.0. The number of ether oxygens (including phenoxy) is 1. The molecule has 0 bridgehead atoms. The molecule has 0 aliphatic heterocycles. The Balaban J connectivity index is 2.30. The molecule has 18 heavy (non-hydrogen) atoms. The number of benzene rings is 1. The largest absolute Gasteiger partial charge is 0.479 e. The summed E-state index contributed by atoms with van der Waals surface area (Å²) in [5, 5.41) is 9.89. The molecule has 1 unspecified atom stereocenters. The van der Waals surface area contributed by atoms with E-state index in [1.54, 1.807) is 23.8 Å². The third kappa shape index (κ3) is 2.51. The Morgan fingerprint density at radius 3 is 2.94 bits per heavy atom. The van der Waals surface area contributed by atoms with Crippen LogP contribution in [0.25, 0.3) is 10.9 Å². The summed E-state index contributed by atoms with van der Waals surface area (Å²) in [6, 6.07) is 6.25. The van der Waals surface area contributed by atoms with Gasteiger partial charge in [-0.25, -0.2) is 9.18 Å². The van der Waals surface area contributed by atoms with Gasteiger partial charge in [-0.15, -0.1) is 0 Å². The van der Waals surface area contributed by atoms with Crippen molar-refractivity contribution in [1.29, 1.82) is 0 Å². The minimum Gasteiger partial charge on any atom is -0.479 e. The quantitative estimate of drug-likeness (QED) is 0.886. The summed E-state index contributed by atoms with van der Waals surface area (Å²) >= 11 is 0. The van der Waals surface area contributed by atoms with E-state index in [0.29, 0.717) is 12.1 Å². The maximum Gasteiger partial charge on any atom is 0.334 e. The third-order valence-corrected chi connectivity index (χ3v) is 2.74. The van der Waals surface area contributed by atoms with Crippen molar-refractivity contribution >= 4 is 16.9 Å². The van der Waals surface area contributed by atoms with Crippen LogP contribution in [0, 0.1) is 5.82 Å². The average Bonchev–Trinajstić information content (AvgIpc) is 2.71. The van der Waals surface area contributed by atoms with E-state index in [2.05, 4.69) is 0 Å². The molecule has 0 radical (unpaired) electrons. The number of rotatable bonds is 5. The molecule has 4 nitrogen and oxygen atoms in total. The van der Waals surface area contributed by atoms with Crippen molar-refractivity contribution < 1.29 is 19.0 Å². The van der Waals surface area contributed by atoms with Crippen molar-refractivity contribution in [3.05, 3.63) is 36.3 Å². The first kappa shape index (κ1) is 12.6. The number of carboxylic acids is 1. The van der Waals surface area contributed by atoms with E-state index in [4.69, 9.17) is 9.84 Å². The number of hydrogen-bond donors (Lipinski definition) is 1. The lowest BCUT2D eigenvalue weighted by Gasteiger charge is -2.14. The van der Waals surface area contributed by atoms with Gasteiger partial charge in [0.15, 0.2) is 6.10 Å². The molecular weight excluding hydrogens is 237 g/mol. The molecule has 1 aromatic heterocycles. The molecule has 0 amide bonds. The lowest BCUT2D eigenvalue weighted by molar-refractivity contribution is -0.150. The molecule has 0 aliphatic carbocycles. The highest BCUT2D eigenvalue weighted by Gasteiger charge is 2.18. The van der Waals surface area contributed by atoms with Crippen LogP contribution in [0.3, 0.4) is 0 Å². The Labute approximate surface area is 104 Å². The first-order valence-electron chi connectivity index (χ1n) is 5.70. The normalized spacial score (nSPS) is 12.8. The highest BCUT2D eigenvalue weighted by molar-refractivity contribution is 5.80. The van der Waals surface area contributed by atoms with Crippen molar-refractivity contribution in [2.75, 3.05) is 6.61 Å². The van der Waals surface area contributed by atoms with Crippen molar-refractivity contribution in [3.8, 4) is 0 Å². The monoisotopic (exact) mass is 251 g/mol. The van der Waals surface area contributed by atoms with Crippen LogP contribution in [0.5, 0.6) is 0 Å². The SMILES string of the molecule is CCOC(Cn1ccc2ccc(F)cc21)C(=O)O. The van der Waals surface area contributed by atoms with E-state index in [1.807, 2.05) is 6.07 Å². The van der Waals surface area contributed by atoms with Crippen LogP contribution in [0.15, 0.2) is 30.5 Å². The first-order chi connectivity index (χ1) is 8.61. The van der Waals surface area contributed by atoms with E-state index in [0.717, 1.165) is 5.39 Å². The maximum atomic E-state index is 13.2. The summed E-state index contributed by atoms with van der Waals surface area (Å²) in [6.07, 6.45) is 0.813. The van der Waals surface area contributed by atoms with E-state index < -0.39 is 12.1 Å². The number of halogens is 1. The lowest BCUT2D eigenvalue weighted by atomic mass is 10.2. The van der Waals surface area contributed by atoms with Gasteiger partial charge in [0.1, 0.15) is 5.82 Å². The molecule has 1 atom stereocenters. The van der Waals surface area contributed by atoms with E-state index in [9.17, 15) is 9.18 Å². The molecule has 2 rings (SSSR count). The molecule has 0 fully saturated rings. The zero-order valence-corrected chi connectivity index (χ0v) is 9.97. The Bertz CT molecular complexity index is 564. The molecule has 96 valence electrons. The molecule has 5 heteroatoms. The van der Waals surface area contributed by atoms with Gasteiger partial charge in [-0.2, -0.15) is 0 Å². The molecule has 0 aliphatic rings. The van der Waals surface area contributed by atoms with Crippen LogP contribution in [-0.2, 0) is 16.1 Å². The van der Waals surface area contributed by atoms with E-state index in [1.165, 1.54) is 12.1 Å². The predicted octanol–water partition coefficient (Wildman–Crippen LogP) is 2.27. The Morgan fingerprint density at radius 1 is 1.50 bits per heavy atom. The minimum atomic E-state index is -1.02. The molecular formula is C13H14FNO3. The minimum absolute atomic E-state index is 0.163. The van der Waals surface area contributed by atoms with Crippen molar-refractivity contribution in [3.63, 3.8) is 0 Å². The van der Waals surface area contributed by atoms with Crippen LogP contribution < -0.4 is 0 Å². The lowest BCUT2D eigenvalue weighted by Crippen LogP contribution is -2.28. The highest BCUT2D eigenvalue weighted by atomic mass is 19.1. The summed E-state index contributed by atoms with van der Waals surface area (Å²) in [6.45, 7) is 2.23. The number of aromatic nitrogens is 1. The van der Waals surface area contributed by atoms with Crippen molar-refractivity contribution in [2.24, 2.45) is 0 Å². The Morgan fingerprint density at radius 2 is 2.28 bits per heavy atom. The van der Waals surface area contributed by atoms with Crippen LogP contribution in [0.1, 0.15) is 6.92 Å². The van der Waals surface area contributed by atoms with Gasteiger partial charge in [0.05, 0.1) is 12.1 Å². The number of nitrogens with zero attached hydrogens (tertiary/aromatic N) is 1. The van der Waals surface area contributed by atoms with Gasteiger partial charge in [0.2, 0.25) is 0 Å². The van der Waals surface area contributed by atoms with Gasteiger partial charge in [-0.1, -0.05) is 0 Å². The molecule has 2 aromatic rings. The number of aliphatic carboxylic acids is 1. The van der Waals surface area contributed by atoms with Gasteiger partial charge in [0.25, 0.3) is 0 Å². The number of hydrogen-bond acceptors (Lipinski definition) is 2. The topological polar surface area (TPSA) is 51.5 Å². The second-order valence-corrected chi connectivity index (χ2v) is 3.95. The van der Waals surface area contributed by atoms with Gasteiger partial charge in [-0.05, 0) is 36.6 Å². The van der Waals surface area contributed by atoms with Crippen LogP contribution in [0.2, 0.25) is 0 Å².